The Morgan fingerprint density at radius 1 is 1.11 bits per heavy atom. The highest BCUT2D eigenvalue weighted by Crippen LogP contribution is 2.49. The summed E-state index contributed by atoms with van der Waals surface area (Å²) < 4.78 is 5.39. The van der Waals surface area contributed by atoms with Crippen LogP contribution in [0.4, 0.5) is 5.69 Å². The van der Waals surface area contributed by atoms with Gasteiger partial charge in [0.05, 0.1) is 18.3 Å². The van der Waals surface area contributed by atoms with E-state index in [1.165, 1.54) is 5.56 Å². The number of halogens is 1. The molecule has 0 heterocycles. The number of hydrogen-bond donors (Lipinski definition) is 1. The molecular weight excluding hydrogens is 258 g/mol. The number of nitrogens with one attached hydrogen (secondary N) is 1. The maximum absolute atomic E-state index is 6.07. The van der Waals surface area contributed by atoms with Gasteiger partial charge in [0.2, 0.25) is 0 Å². The molecule has 0 atom stereocenters. The van der Waals surface area contributed by atoms with Crippen molar-refractivity contribution in [3.63, 3.8) is 0 Å². The van der Waals surface area contributed by atoms with Gasteiger partial charge in [-0.2, -0.15) is 0 Å². The second kappa shape index (κ2) is 4.78. The van der Waals surface area contributed by atoms with Crippen LogP contribution in [0.1, 0.15) is 18.4 Å². The third kappa shape index (κ3) is 2.41. The molecule has 0 aliphatic heterocycles. The first-order valence-electron chi connectivity index (χ1n) is 6.41. The minimum absolute atomic E-state index is 0.0409. The predicted octanol–water partition coefficient (Wildman–Crippen LogP) is 4.45. The van der Waals surface area contributed by atoms with E-state index < -0.39 is 0 Å². The lowest BCUT2D eigenvalue weighted by atomic mass is 10.0. The average Bonchev–Trinajstić information content (AvgIpc) is 3.21. The summed E-state index contributed by atoms with van der Waals surface area (Å²) in [5.74, 6) is 0.826. The van der Waals surface area contributed by atoms with Gasteiger partial charge in [-0.15, -0.1) is 0 Å². The van der Waals surface area contributed by atoms with E-state index in [1.54, 1.807) is 7.11 Å². The Hall–Kier alpha value is -1.67. The zero-order chi connectivity index (χ0) is 13.3. The number of benzene rings is 2. The van der Waals surface area contributed by atoms with Crippen molar-refractivity contribution < 1.29 is 4.74 Å². The van der Waals surface area contributed by atoms with E-state index in [0.717, 1.165) is 24.3 Å². The van der Waals surface area contributed by atoms with Crippen LogP contribution in [0.2, 0.25) is 5.02 Å². The van der Waals surface area contributed by atoms with Gasteiger partial charge in [0.25, 0.3) is 0 Å². The van der Waals surface area contributed by atoms with Crippen LogP contribution in [-0.2, 0) is 5.54 Å². The molecule has 1 N–H and O–H groups in total. The highest BCUT2D eigenvalue weighted by Gasteiger charge is 2.44. The van der Waals surface area contributed by atoms with Gasteiger partial charge in [0, 0.05) is 5.02 Å². The van der Waals surface area contributed by atoms with Crippen molar-refractivity contribution in [1.29, 1.82) is 0 Å². The first kappa shape index (κ1) is 12.4. The van der Waals surface area contributed by atoms with E-state index in [-0.39, 0.29) is 5.54 Å². The Kier molecular flexibility index (Phi) is 3.11. The zero-order valence-corrected chi connectivity index (χ0v) is 11.6. The normalized spacial score (nSPS) is 15.9. The molecule has 0 spiro atoms. The highest BCUT2D eigenvalue weighted by molar-refractivity contribution is 6.30. The molecular formula is C16H16ClNO. The van der Waals surface area contributed by atoms with E-state index in [2.05, 4.69) is 29.6 Å². The monoisotopic (exact) mass is 273 g/mol. The molecule has 0 bridgehead atoms. The molecule has 3 heteroatoms. The number of anilines is 1. The SMILES string of the molecule is COc1ccc(Cl)cc1NC1(c2ccccc2)CC1. The summed E-state index contributed by atoms with van der Waals surface area (Å²) in [5, 5.41) is 4.31. The maximum Gasteiger partial charge on any atom is 0.142 e. The second-order valence-corrected chi connectivity index (χ2v) is 5.35. The molecule has 0 aromatic heterocycles. The Morgan fingerprint density at radius 2 is 1.84 bits per heavy atom. The van der Waals surface area contributed by atoms with Crippen LogP contribution in [0, 0.1) is 0 Å². The van der Waals surface area contributed by atoms with E-state index >= 15 is 0 Å². The molecule has 3 rings (SSSR count). The van der Waals surface area contributed by atoms with E-state index in [0.29, 0.717) is 5.02 Å². The van der Waals surface area contributed by atoms with Crippen LogP contribution >= 0.6 is 11.6 Å². The lowest BCUT2D eigenvalue weighted by Crippen LogP contribution is -2.19. The number of methoxy groups -OCH3 is 1. The summed E-state index contributed by atoms with van der Waals surface area (Å²) in [5.41, 5.74) is 2.31. The Morgan fingerprint density at radius 3 is 2.47 bits per heavy atom. The molecule has 19 heavy (non-hydrogen) atoms. The fraction of sp³-hybridized carbons (Fsp3) is 0.250. The number of ether oxygens (including phenoxy) is 1. The highest BCUT2D eigenvalue weighted by atomic mass is 35.5. The van der Waals surface area contributed by atoms with Crippen molar-refractivity contribution in [2.24, 2.45) is 0 Å². The minimum atomic E-state index is 0.0409. The first-order chi connectivity index (χ1) is 9.23. The fourth-order valence-electron chi connectivity index (χ4n) is 2.40. The Balaban J connectivity index is 1.92. The molecule has 1 fully saturated rings. The quantitative estimate of drug-likeness (QED) is 0.889. The summed E-state index contributed by atoms with van der Waals surface area (Å²) in [6.45, 7) is 0. The van der Waals surface area contributed by atoms with Gasteiger partial charge in [-0.25, -0.2) is 0 Å². The van der Waals surface area contributed by atoms with E-state index in [4.69, 9.17) is 16.3 Å². The lowest BCUT2D eigenvalue weighted by molar-refractivity contribution is 0.416. The second-order valence-electron chi connectivity index (χ2n) is 4.92. The summed E-state index contributed by atoms with van der Waals surface area (Å²) in [4.78, 5) is 0. The van der Waals surface area contributed by atoms with Crippen molar-refractivity contribution in [2.45, 2.75) is 18.4 Å². The fourth-order valence-corrected chi connectivity index (χ4v) is 2.58. The summed E-state index contributed by atoms with van der Waals surface area (Å²) in [6.07, 6.45) is 2.26. The standard InChI is InChI=1S/C16H16ClNO/c1-19-15-8-7-13(17)11-14(15)18-16(9-10-16)12-5-3-2-4-6-12/h2-8,11,18H,9-10H2,1H3. The molecule has 0 saturated heterocycles. The molecule has 2 aromatic carbocycles. The maximum atomic E-state index is 6.07. The smallest absolute Gasteiger partial charge is 0.142 e. The third-order valence-electron chi connectivity index (χ3n) is 3.61. The van der Waals surface area contributed by atoms with Gasteiger partial charge < -0.3 is 10.1 Å². The van der Waals surface area contributed by atoms with Crippen molar-refractivity contribution in [3.8, 4) is 5.75 Å². The third-order valence-corrected chi connectivity index (χ3v) is 3.85. The van der Waals surface area contributed by atoms with Crippen LogP contribution in [0.15, 0.2) is 48.5 Å². The van der Waals surface area contributed by atoms with Crippen molar-refractivity contribution in [3.05, 3.63) is 59.1 Å². The molecule has 1 aliphatic carbocycles. The van der Waals surface area contributed by atoms with Gasteiger partial charge in [-0.05, 0) is 36.6 Å². The molecule has 98 valence electrons. The molecule has 2 aromatic rings. The molecule has 0 radical (unpaired) electrons. The van der Waals surface area contributed by atoms with Gasteiger partial charge >= 0.3 is 0 Å². The molecule has 1 saturated carbocycles. The van der Waals surface area contributed by atoms with E-state index in [1.807, 2.05) is 24.3 Å². The van der Waals surface area contributed by atoms with Crippen LogP contribution < -0.4 is 10.1 Å². The van der Waals surface area contributed by atoms with Crippen LogP contribution in [-0.4, -0.2) is 7.11 Å². The Labute approximate surface area is 118 Å². The van der Waals surface area contributed by atoms with Gasteiger partial charge in [0.1, 0.15) is 5.75 Å². The lowest BCUT2D eigenvalue weighted by Gasteiger charge is -2.21. The zero-order valence-electron chi connectivity index (χ0n) is 10.8. The first-order valence-corrected chi connectivity index (χ1v) is 6.79. The van der Waals surface area contributed by atoms with Gasteiger partial charge in [0.15, 0.2) is 0 Å². The van der Waals surface area contributed by atoms with Gasteiger partial charge in [-0.1, -0.05) is 41.9 Å². The predicted molar refractivity (Wildman–Crippen MR) is 79.0 cm³/mol. The minimum Gasteiger partial charge on any atom is -0.495 e. The number of hydrogen-bond acceptors (Lipinski definition) is 2. The van der Waals surface area contributed by atoms with E-state index in [9.17, 15) is 0 Å². The number of rotatable bonds is 4. The molecule has 0 unspecified atom stereocenters. The van der Waals surface area contributed by atoms with Crippen LogP contribution in [0.3, 0.4) is 0 Å². The largest absolute Gasteiger partial charge is 0.495 e. The van der Waals surface area contributed by atoms with Crippen molar-refractivity contribution in [2.75, 3.05) is 12.4 Å². The molecule has 1 aliphatic rings. The molecule has 2 nitrogen and oxygen atoms in total. The van der Waals surface area contributed by atoms with Crippen molar-refractivity contribution in [1.82, 2.24) is 0 Å². The molecule has 0 amide bonds. The van der Waals surface area contributed by atoms with Crippen LogP contribution in [0.5, 0.6) is 5.75 Å². The summed E-state index contributed by atoms with van der Waals surface area (Å²) in [7, 11) is 1.68. The topological polar surface area (TPSA) is 21.3 Å². The Bertz CT molecular complexity index is 579. The van der Waals surface area contributed by atoms with Gasteiger partial charge in [-0.3, -0.25) is 0 Å². The summed E-state index contributed by atoms with van der Waals surface area (Å²) in [6, 6.07) is 16.2. The van der Waals surface area contributed by atoms with Crippen molar-refractivity contribution >= 4 is 17.3 Å². The van der Waals surface area contributed by atoms with Crippen LogP contribution in [0.25, 0.3) is 0 Å². The average molecular weight is 274 g/mol. The summed E-state index contributed by atoms with van der Waals surface area (Å²) >= 11 is 6.07.